The van der Waals surface area contributed by atoms with Crippen molar-refractivity contribution in [3.8, 4) is 0 Å². The van der Waals surface area contributed by atoms with Gasteiger partial charge in [-0.2, -0.15) is 0 Å². The molecule has 1 saturated carbocycles. The summed E-state index contributed by atoms with van der Waals surface area (Å²) in [5, 5.41) is 0. The van der Waals surface area contributed by atoms with Crippen LogP contribution in [0.2, 0.25) is 0 Å². The Bertz CT molecular complexity index is 344. The Labute approximate surface area is 89.6 Å². The van der Waals surface area contributed by atoms with Crippen molar-refractivity contribution >= 4 is 5.69 Å². The summed E-state index contributed by atoms with van der Waals surface area (Å²) in [5.74, 6) is 0. The molecule has 0 amide bonds. The number of nitrogens with zero attached hydrogens (tertiary/aromatic N) is 1. The van der Waals surface area contributed by atoms with Crippen molar-refractivity contribution in [1.82, 2.24) is 4.98 Å². The van der Waals surface area contributed by atoms with E-state index in [0.29, 0.717) is 5.69 Å². The molecule has 1 atom stereocenters. The van der Waals surface area contributed by atoms with Gasteiger partial charge in [-0.3, -0.25) is 4.98 Å². The van der Waals surface area contributed by atoms with Gasteiger partial charge in [0.2, 0.25) is 0 Å². The van der Waals surface area contributed by atoms with E-state index in [0.717, 1.165) is 18.4 Å². The predicted octanol–water partition coefficient (Wildman–Crippen LogP) is 1.23. The van der Waals surface area contributed by atoms with E-state index in [9.17, 15) is 0 Å². The second kappa shape index (κ2) is 3.79. The Kier molecular flexibility index (Phi) is 2.63. The van der Waals surface area contributed by atoms with Crippen LogP contribution in [0.15, 0.2) is 18.5 Å². The second-order valence-corrected chi connectivity index (χ2v) is 4.10. The van der Waals surface area contributed by atoms with Crippen LogP contribution in [0.1, 0.15) is 30.9 Å². The summed E-state index contributed by atoms with van der Waals surface area (Å²) in [6.45, 7) is 0. The maximum absolute atomic E-state index is 6.20. The lowest BCUT2D eigenvalue weighted by molar-refractivity contribution is -0.0910. The molecule has 4 nitrogen and oxygen atoms in total. The fourth-order valence-corrected chi connectivity index (χ4v) is 2.13. The zero-order valence-corrected chi connectivity index (χ0v) is 8.94. The molecular weight excluding hydrogens is 190 g/mol. The lowest BCUT2D eigenvalue weighted by atomic mass is 9.72. The van der Waals surface area contributed by atoms with E-state index < -0.39 is 0 Å². The molecule has 1 aromatic rings. The number of hydrogen-bond acceptors (Lipinski definition) is 4. The van der Waals surface area contributed by atoms with Gasteiger partial charge in [-0.25, -0.2) is 0 Å². The number of methoxy groups -OCH3 is 1. The van der Waals surface area contributed by atoms with Crippen molar-refractivity contribution in [2.24, 2.45) is 5.73 Å². The van der Waals surface area contributed by atoms with Gasteiger partial charge in [0, 0.05) is 30.8 Å². The zero-order chi connectivity index (χ0) is 10.9. The first-order valence-electron chi connectivity index (χ1n) is 5.20. The standard InChI is InChI=1S/C11H17N3O/c1-15-11(4-2-5-11)10(13)8-7-14-6-3-9(8)12/h3,6-7,10H,2,4-5,13H2,1H3,(H2,12,14). The van der Waals surface area contributed by atoms with E-state index in [1.807, 2.05) is 0 Å². The van der Waals surface area contributed by atoms with Crippen molar-refractivity contribution in [2.75, 3.05) is 12.8 Å². The third-order valence-electron chi connectivity index (χ3n) is 3.40. The van der Waals surface area contributed by atoms with Gasteiger partial charge in [-0.1, -0.05) is 0 Å². The maximum Gasteiger partial charge on any atom is 0.0871 e. The van der Waals surface area contributed by atoms with Crippen LogP contribution in [0, 0.1) is 0 Å². The van der Waals surface area contributed by atoms with Crippen LogP contribution in [0.5, 0.6) is 0 Å². The summed E-state index contributed by atoms with van der Waals surface area (Å²) in [4.78, 5) is 4.06. The van der Waals surface area contributed by atoms with Gasteiger partial charge in [0.05, 0.1) is 11.6 Å². The van der Waals surface area contributed by atoms with Crippen LogP contribution in [-0.4, -0.2) is 17.7 Å². The Morgan fingerprint density at radius 3 is 2.73 bits per heavy atom. The molecule has 0 radical (unpaired) electrons. The summed E-state index contributed by atoms with van der Waals surface area (Å²) in [5.41, 5.74) is 13.4. The SMILES string of the molecule is COC1(C(N)c2cnccc2N)CCC1. The van der Waals surface area contributed by atoms with E-state index in [4.69, 9.17) is 16.2 Å². The van der Waals surface area contributed by atoms with Crippen molar-refractivity contribution < 1.29 is 4.74 Å². The Morgan fingerprint density at radius 2 is 2.27 bits per heavy atom. The smallest absolute Gasteiger partial charge is 0.0871 e. The largest absolute Gasteiger partial charge is 0.398 e. The summed E-state index contributed by atoms with van der Waals surface area (Å²) in [7, 11) is 1.71. The fraction of sp³-hybridized carbons (Fsp3) is 0.545. The van der Waals surface area contributed by atoms with E-state index in [1.54, 1.807) is 25.6 Å². The molecule has 0 spiro atoms. The van der Waals surface area contributed by atoms with Gasteiger partial charge in [0.15, 0.2) is 0 Å². The molecule has 0 saturated heterocycles. The number of nitrogen functional groups attached to an aromatic ring is 1. The van der Waals surface area contributed by atoms with Crippen LogP contribution in [0.25, 0.3) is 0 Å². The van der Waals surface area contributed by atoms with Crippen LogP contribution in [-0.2, 0) is 4.74 Å². The number of rotatable bonds is 3. The molecule has 1 aliphatic rings. The van der Waals surface area contributed by atoms with Gasteiger partial charge < -0.3 is 16.2 Å². The molecule has 15 heavy (non-hydrogen) atoms. The molecule has 4 N–H and O–H groups in total. The number of pyridine rings is 1. The molecule has 0 aliphatic heterocycles. The molecule has 1 heterocycles. The Morgan fingerprint density at radius 1 is 1.53 bits per heavy atom. The third-order valence-corrected chi connectivity index (χ3v) is 3.40. The highest BCUT2D eigenvalue weighted by Gasteiger charge is 2.44. The first kappa shape index (κ1) is 10.4. The normalized spacial score (nSPS) is 20.7. The lowest BCUT2D eigenvalue weighted by Crippen LogP contribution is -2.48. The fourth-order valence-electron chi connectivity index (χ4n) is 2.13. The number of anilines is 1. The summed E-state index contributed by atoms with van der Waals surface area (Å²) in [6, 6.07) is 1.60. The summed E-state index contributed by atoms with van der Waals surface area (Å²) >= 11 is 0. The number of ether oxygens (including phenoxy) is 1. The van der Waals surface area contributed by atoms with Crippen molar-refractivity contribution in [1.29, 1.82) is 0 Å². The highest BCUT2D eigenvalue weighted by Crippen LogP contribution is 2.44. The number of hydrogen-bond donors (Lipinski definition) is 2. The molecule has 1 aromatic heterocycles. The average Bonchev–Trinajstić information content (AvgIpc) is 2.17. The topological polar surface area (TPSA) is 74.2 Å². The minimum Gasteiger partial charge on any atom is -0.398 e. The van der Waals surface area contributed by atoms with E-state index >= 15 is 0 Å². The highest BCUT2D eigenvalue weighted by molar-refractivity contribution is 5.47. The minimum absolute atomic E-state index is 0.176. The molecule has 82 valence electrons. The summed E-state index contributed by atoms with van der Waals surface area (Å²) < 4.78 is 5.54. The van der Waals surface area contributed by atoms with E-state index in [-0.39, 0.29) is 11.6 Å². The molecule has 2 rings (SSSR count). The van der Waals surface area contributed by atoms with Gasteiger partial charge >= 0.3 is 0 Å². The monoisotopic (exact) mass is 207 g/mol. The van der Waals surface area contributed by atoms with Crippen LogP contribution >= 0.6 is 0 Å². The van der Waals surface area contributed by atoms with Crippen molar-refractivity contribution in [2.45, 2.75) is 30.9 Å². The quantitative estimate of drug-likeness (QED) is 0.781. The summed E-state index contributed by atoms with van der Waals surface area (Å²) in [6.07, 6.45) is 6.57. The van der Waals surface area contributed by atoms with Gasteiger partial charge in [-0.05, 0) is 25.3 Å². The first-order valence-corrected chi connectivity index (χ1v) is 5.20. The van der Waals surface area contributed by atoms with Crippen LogP contribution in [0.3, 0.4) is 0 Å². The molecule has 4 heteroatoms. The molecular formula is C11H17N3O. The minimum atomic E-state index is -0.225. The second-order valence-electron chi connectivity index (χ2n) is 4.10. The van der Waals surface area contributed by atoms with Gasteiger partial charge in [0.25, 0.3) is 0 Å². The van der Waals surface area contributed by atoms with E-state index in [2.05, 4.69) is 4.98 Å². The Balaban J connectivity index is 2.27. The van der Waals surface area contributed by atoms with E-state index in [1.165, 1.54) is 6.42 Å². The molecule has 0 aromatic carbocycles. The molecule has 1 aliphatic carbocycles. The number of aromatic nitrogens is 1. The highest BCUT2D eigenvalue weighted by atomic mass is 16.5. The first-order chi connectivity index (χ1) is 7.19. The van der Waals surface area contributed by atoms with Gasteiger partial charge in [-0.15, -0.1) is 0 Å². The van der Waals surface area contributed by atoms with Crippen molar-refractivity contribution in [3.63, 3.8) is 0 Å². The van der Waals surface area contributed by atoms with Crippen LogP contribution in [0.4, 0.5) is 5.69 Å². The number of nitrogens with two attached hydrogens (primary N) is 2. The maximum atomic E-state index is 6.20. The lowest BCUT2D eigenvalue weighted by Gasteiger charge is -2.45. The van der Waals surface area contributed by atoms with Crippen molar-refractivity contribution in [3.05, 3.63) is 24.0 Å². The average molecular weight is 207 g/mol. The molecule has 1 unspecified atom stereocenters. The third kappa shape index (κ3) is 1.60. The van der Waals surface area contributed by atoms with Crippen LogP contribution < -0.4 is 11.5 Å². The molecule has 0 bridgehead atoms. The zero-order valence-electron chi connectivity index (χ0n) is 8.94. The Hall–Kier alpha value is -1.13. The predicted molar refractivity (Wildman–Crippen MR) is 59.2 cm³/mol. The van der Waals surface area contributed by atoms with Gasteiger partial charge in [0.1, 0.15) is 0 Å². The molecule has 1 fully saturated rings.